The smallest absolute Gasteiger partial charge is 0.232 e. The molecule has 124 valence electrons. The Hall–Kier alpha value is -1.27. The normalized spacial score (nSPS) is 11.3. The molecule has 1 aromatic carbocycles. The second kappa shape index (κ2) is 8.39. The Morgan fingerprint density at radius 1 is 1.23 bits per heavy atom. The van der Waals surface area contributed by atoms with E-state index < -0.39 is 10.0 Å². The first kappa shape index (κ1) is 18.8. The summed E-state index contributed by atoms with van der Waals surface area (Å²) >= 11 is 5.92. The number of hydrogen-bond donors (Lipinski definition) is 0. The van der Waals surface area contributed by atoms with Crippen molar-refractivity contribution >= 4 is 33.2 Å². The largest absolute Gasteiger partial charge is 0.343 e. The molecule has 0 saturated carbocycles. The quantitative estimate of drug-likeness (QED) is 0.727. The molecule has 0 unspecified atom stereocenters. The average molecular weight is 347 g/mol. The molecule has 0 bridgehead atoms. The predicted octanol–water partition coefficient (Wildman–Crippen LogP) is 2.75. The van der Waals surface area contributed by atoms with Crippen molar-refractivity contribution in [2.45, 2.75) is 26.7 Å². The highest BCUT2D eigenvalue weighted by Gasteiger charge is 2.18. The molecule has 0 aliphatic carbocycles. The Morgan fingerprint density at radius 3 is 2.36 bits per heavy atom. The van der Waals surface area contributed by atoms with Crippen LogP contribution in [-0.4, -0.2) is 45.1 Å². The number of halogens is 1. The van der Waals surface area contributed by atoms with Crippen LogP contribution in [0.4, 0.5) is 5.69 Å². The summed E-state index contributed by atoms with van der Waals surface area (Å²) in [4.78, 5) is 13.7. The van der Waals surface area contributed by atoms with Crippen molar-refractivity contribution in [3.05, 3.63) is 29.3 Å². The minimum absolute atomic E-state index is 0.0459. The summed E-state index contributed by atoms with van der Waals surface area (Å²) in [5.74, 6) is 0.0459. The third-order valence-electron chi connectivity index (χ3n) is 3.36. The molecule has 1 amide bonds. The summed E-state index contributed by atoms with van der Waals surface area (Å²) in [5, 5.41) is 0.477. The van der Waals surface area contributed by atoms with E-state index in [0.717, 1.165) is 6.26 Å². The van der Waals surface area contributed by atoms with Gasteiger partial charge in [0.05, 0.1) is 11.9 Å². The first-order chi connectivity index (χ1) is 10.3. The Kier molecular flexibility index (Phi) is 7.16. The lowest BCUT2D eigenvalue weighted by Gasteiger charge is -2.23. The number of carbonyl (C=O) groups is 1. The molecule has 22 heavy (non-hydrogen) atoms. The van der Waals surface area contributed by atoms with Crippen LogP contribution >= 0.6 is 11.6 Å². The number of rotatable bonds is 8. The van der Waals surface area contributed by atoms with Crippen LogP contribution in [0.25, 0.3) is 0 Å². The number of amides is 1. The minimum atomic E-state index is -3.41. The van der Waals surface area contributed by atoms with Crippen LogP contribution in [0.5, 0.6) is 0 Å². The molecular weight excluding hydrogens is 324 g/mol. The van der Waals surface area contributed by atoms with Gasteiger partial charge in [0.2, 0.25) is 15.9 Å². The highest BCUT2D eigenvalue weighted by molar-refractivity contribution is 7.92. The van der Waals surface area contributed by atoms with Crippen molar-refractivity contribution in [2.75, 3.05) is 30.2 Å². The lowest BCUT2D eigenvalue weighted by molar-refractivity contribution is -0.130. The van der Waals surface area contributed by atoms with E-state index in [1.807, 2.05) is 13.8 Å². The summed E-state index contributed by atoms with van der Waals surface area (Å²) in [6.07, 6.45) is 1.95. The van der Waals surface area contributed by atoms with Gasteiger partial charge in [0.25, 0.3) is 0 Å². The van der Waals surface area contributed by atoms with E-state index in [9.17, 15) is 13.2 Å². The van der Waals surface area contributed by atoms with Crippen LogP contribution in [0, 0.1) is 0 Å². The van der Waals surface area contributed by atoms with Crippen molar-refractivity contribution in [2.24, 2.45) is 0 Å². The van der Waals surface area contributed by atoms with Gasteiger partial charge in [-0.15, -0.1) is 0 Å². The molecule has 0 heterocycles. The molecule has 0 saturated heterocycles. The number of benzene rings is 1. The first-order valence-electron chi connectivity index (χ1n) is 7.30. The number of hydrogen-bond acceptors (Lipinski definition) is 3. The third-order valence-corrected chi connectivity index (χ3v) is 4.79. The maximum absolute atomic E-state index is 12.0. The van der Waals surface area contributed by atoms with Crippen LogP contribution in [0.2, 0.25) is 5.02 Å². The van der Waals surface area contributed by atoms with Gasteiger partial charge in [-0.2, -0.15) is 0 Å². The second-order valence-corrected chi connectivity index (χ2v) is 7.33. The van der Waals surface area contributed by atoms with Crippen molar-refractivity contribution < 1.29 is 13.2 Å². The van der Waals surface area contributed by atoms with Gasteiger partial charge in [-0.1, -0.05) is 17.7 Å². The van der Waals surface area contributed by atoms with Crippen LogP contribution in [0.3, 0.4) is 0 Å². The van der Waals surface area contributed by atoms with Gasteiger partial charge in [0.1, 0.15) is 0 Å². The molecule has 1 aromatic rings. The fraction of sp³-hybridized carbons (Fsp3) is 0.533. The van der Waals surface area contributed by atoms with Gasteiger partial charge in [-0.3, -0.25) is 9.10 Å². The van der Waals surface area contributed by atoms with Gasteiger partial charge in [-0.05, 0) is 38.5 Å². The number of sulfonamides is 1. The lowest BCUT2D eigenvalue weighted by Crippen LogP contribution is -2.33. The monoisotopic (exact) mass is 346 g/mol. The van der Waals surface area contributed by atoms with Gasteiger partial charge in [0, 0.05) is 31.1 Å². The second-order valence-electron chi connectivity index (χ2n) is 4.98. The van der Waals surface area contributed by atoms with Crippen LogP contribution in [0.15, 0.2) is 24.3 Å². The molecule has 7 heteroatoms. The van der Waals surface area contributed by atoms with E-state index in [1.54, 1.807) is 29.2 Å². The zero-order chi connectivity index (χ0) is 16.8. The highest BCUT2D eigenvalue weighted by atomic mass is 35.5. The van der Waals surface area contributed by atoms with E-state index in [0.29, 0.717) is 36.6 Å². The third kappa shape index (κ3) is 5.50. The van der Waals surface area contributed by atoms with Crippen molar-refractivity contribution in [3.8, 4) is 0 Å². The maximum atomic E-state index is 12.0. The molecule has 5 nitrogen and oxygen atoms in total. The first-order valence-corrected chi connectivity index (χ1v) is 9.53. The number of carbonyl (C=O) groups excluding carboxylic acids is 1. The average Bonchev–Trinajstić information content (AvgIpc) is 2.43. The lowest BCUT2D eigenvalue weighted by atomic mass is 10.2. The Balaban J connectivity index is 2.75. The Bertz CT molecular complexity index is 601. The molecule has 0 N–H and O–H groups in total. The van der Waals surface area contributed by atoms with E-state index >= 15 is 0 Å². The summed E-state index contributed by atoms with van der Waals surface area (Å²) in [6, 6.07) is 6.69. The summed E-state index contributed by atoms with van der Waals surface area (Å²) in [5.41, 5.74) is 0.519. The summed E-state index contributed by atoms with van der Waals surface area (Å²) < 4.78 is 25.2. The highest BCUT2D eigenvalue weighted by Crippen LogP contribution is 2.22. The predicted molar refractivity (Wildman–Crippen MR) is 90.8 cm³/mol. The molecule has 0 atom stereocenters. The topological polar surface area (TPSA) is 57.7 Å². The van der Waals surface area contributed by atoms with Gasteiger partial charge in [0.15, 0.2) is 0 Å². The van der Waals surface area contributed by atoms with Crippen molar-refractivity contribution in [1.29, 1.82) is 0 Å². The van der Waals surface area contributed by atoms with E-state index in [4.69, 9.17) is 11.6 Å². The van der Waals surface area contributed by atoms with E-state index in [1.165, 1.54) is 4.31 Å². The van der Waals surface area contributed by atoms with Crippen LogP contribution in [0.1, 0.15) is 26.7 Å². The van der Waals surface area contributed by atoms with Gasteiger partial charge in [-0.25, -0.2) is 8.42 Å². The van der Waals surface area contributed by atoms with Crippen molar-refractivity contribution in [3.63, 3.8) is 0 Å². The van der Waals surface area contributed by atoms with Crippen LogP contribution in [-0.2, 0) is 14.8 Å². The molecule has 0 aromatic heterocycles. The zero-order valence-corrected chi connectivity index (χ0v) is 14.8. The SMILES string of the molecule is CCN(CC)C(=O)CCCN(c1cccc(Cl)c1)S(C)(=O)=O. The molecule has 0 aliphatic rings. The standard InChI is InChI=1S/C15H23ClN2O3S/c1-4-17(5-2)15(19)10-7-11-18(22(3,20)21)14-9-6-8-13(16)12-14/h6,8-9,12H,4-5,7,10-11H2,1-3H3. The van der Waals surface area contributed by atoms with Crippen molar-refractivity contribution in [1.82, 2.24) is 4.90 Å². The minimum Gasteiger partial charge on any atom is -0.343 e. The van der Waals surface area contributed by atoms with Crippen LogP contribution < -0.4 is 4.31 Å². The molecule has 0 radical (unpaired) electrons. The fourth-order valence-electron chi connectivity index (χ4n) is 2.23. The zero-order valence-electron chi connectivity index (χ0n) is 13.3. The maximum Gasteiger partial charge on any atom is 0.232 e. The molecule has 1 rings (SSSR count). The Morgan fingerprint density at radius 2 is 1.86 bits per heavy atom. The molecule has 0 aliphatic heterocycles. The Labute approximate surface area is 137 Å². The summed E-state index contributed by atoms with van der Waals surface area (Å²) in [6.45, 7) is 5.44. The molecule has 0 fully saturated rings. The van der Waals surface area contributed by atoms with E-state index in [2.05, 4.69) is 0 Å². The number of nitrogens with zero attached hydrogens (tertiary/aromatic N) is 2. The summed E-state index contributed by atoms with van der Waals surface area (Å²) in [7, 11) is -3.41. The van der Waals surface area contributed by atoms with Gasteiger partial charge >= 0.3 is 0 Å². The van der Waals surface area contributed by atoms with Gasteiger partial charge < -0.3 is 4.90 Å². The fourth-order valence-corrected chi connectivity index (χ4v) is 3.37. The molecular formula is C15H23ClN2O3S. The van der Waals surface area contributed by atoms with E-state index in [-0.39, 0.29) is 12.5 Å². The molecule has 0 spiro atoms. The number of anilines is 1.